The number of hydrogen-bond donors (Lipinski definition) is 0. The number of ketones is 1. The van der Waals surface area contributed by atoms with Gasteiger partial charge in [-0.15, -0.1) is 0 Å². The van der Waals surface area contributed by atoms with Crippen LogP contribution < -0.4 is 0 Å². The summed E-state index contributed by atoms with van der Waals surface area (Å²) in [5.74, 6) is 0.599. The Morgan fingerprint density at radius 1 is 1.25 bits per heavy atom. The van der Waals surface area contributed by atoms with E-state index in [4.69, 9.17) is 16.0 Å². The number of likely N-dealkylation sites (tertiary alicyclic amines) is 1. The summed E-state index contributed by atoms with van der Waals surface area (Å²) < 4.78 is 5.87. The highest BCUT2D eigenvalue weighted by Gasteiger charge is 2.27. The fourth-order valence-electron chi connectivity index (χ4n) is 3.68. The molecule has 4 rings (SSSR count). The standard InChI is InChI=1S/C22H21ClN2O3/c1-14(26)17-5-3-9-25(13-17)22(27)16-7-8-19-20(12-16)28-21(24-19)11-15-4-2-6-18(23)10-15/h2,4,6-8,10,12,17H,3,5,9,11,13H2,1H3. The molecule has 1 unspecified atom stereocenters. The summed E-state index contributed by atoms with van der Waals surface area (Å²) in [4.78, 5) is 30.8. The number of fused-ring (bicyclic) bond motifs is 1. The lowest BCUT2D eigenvalue weighted by Crippen LogP contribution is -2.41. The van der Waals surface area contributed by atoms with Crippen molar-refractivity contribution in [1.29, 1.82) is 0 Å². The summed E-state index contributed by atoms with van der Waals surface area (Å²) in [5, 5.41) is 0.673. The molecule has 0 saturated carbocycles. The molecule has 1 aromatic heterocycles. The number of halogens is 1. The third-order valence-electron chi connectivity index (χ3n) is 5.21. The van der Waals surface area contributed by atoms with Crippen LogP contribution in [0.25, 0.3) is 11.1 Å². The lowest BCUT2D eigenvalue weighted by atomic mass is 9.94. The normalized spacial score (nSPS) is 17.1. The number of amides is 1. The Balaban J connectivity index is 1.54. The molecule has 0 aliphatic carbocycles. The summed E-state index contributed by atoms with van der Waals surface area (Å²) in [6.07, 6.45) is 2.24. The average molecular weight is 397 g/mol. The van der Waals surface area contributed by atoms with Gasteiger partial charge in [0.25, 0.3) is 5.91 Å². The second-order valence-electron chi connectivity index (χ2n) is 7.30. The van der Waals surface area contributed by atoms with E-state index in [0.717, 1.165) is 18.4 Å². The molecular formula is C22H21ClN2O3. The van der Waals surface area contributed by atoms with E-state index >= 15 is 0 Å². The Morgan fingerprint density at radius 3 is 2.89 bits per heavy atom. The van der Waals surface area contributed by atoms with E-state index in [1.54, 1.807) is 30.0 Å². The van der Waals surface area contributed by atoms with Gasteiger partial charge >= 0.3 is 0 Å². The number of Topliss-reactive ketones (excluding diaryl/α,β-unsaturated/α-hetero) is 1. The third kappa shape index (κ3) is 3.94. The van der Waals surface area contributed by atoms with Gasteiger partial charge in [-0.2, -0.15) is 0 Å². The minimum Gasteiger partial charge on any atom is -0.440 e. The first kappa shape index (κ1) is 18.7. The highest BCUT2D eigenvalue weighted by molar-refractivity contribution is 6.30. The maximum atomic E-state index is 12.9. The van der Waals surface area contributed by atoms with Gasteiger partial charge in [0.2, 0.25) is 0 Å². The van der Waals surface area contributed by atoms with E-state index < -0.39 is 0 Å². The van der Waals surface area contributed by atoms with Gasteiger partial charge in [0.1, 0.15) is 11.3 Å². The van der Waals surface area contributed by atoms with Gasteiger partial charge in [-0.1, -0.05) is 23.7 Å². The van der Waals surface area contributed by atoms with Crippen LogP contribution in [0, 0.1) is 5.92 Å². The molecule has 0 bridgehead atoms. The van der Waals surface area contributed by atoms with Crippen molar-refractivity contribution >= 4 is 34.4 Å². The second-order valence-corrected chi connectivity index (χ2v) is 7.73. The molecule has 2 heterocycles. The van der Waals surface area contributed by atoms with Crippen molar-refractivity contribution < 1.29 is 14.0 Å². The van der Waals surface area contributed by atoms with Crippen LogP contribution in [-0.2, 0) is 11.2 Å². The van der Waals surface area contributed by atoms with Crippen molar-refractivity contribution in [3.8, 4) is 0 Å². The molecule has 1 aliphatic rings. The SMILES string of the molecule is CC(=O)C1CCCN(C(=O)c2ccc3nc(Cc4cccc(Cl)c4)oc3c2)C1. The van der Waals surface area contributed by atoms with Crippen LogP contribution in [0.3, 0.4) is 0 Å². The van der Waals surface area contributed by atoms with E-state index in [2.05, 4.69) is 4.98 Å². The Hall–Kier alpha value is -2.66. The van der Waals surface area contributed by atoms with E-state index in [1.807, 2.05) is 24.3 Å². The van der Waals surface area contributed by atoms with Crippen LogP contribution in [-0.4, -0.2) is 34.7 Å². The number of aromatic nitrogens is 1. The van der Waals surface area contributed by atoms with E-state index in [0.29, 0.717) is 47.1 Å². The first-order chi connectivity index (χ1) is 13.5. The van der Waals surface area contributed by atoms with E-state index in [-0.39, 0.29) is 17.6 Å². The van der Waals surface area contributed by atoms with Gasteiger partial charge in [0.05, 0.1) is 0 Å². The van der Waals surface area contributed by atoms with Gasteiger partial charge in [-0.3, -0.25) is 9.59 Å². The lowest BCUT2D eigenvalue weighted by Gasteiger charge is -2.31. The van der Waals surface area contributed by atoms with Crippen LogP contribution in [0.15, 0.2) is 46.9 Å². The average Bonchev–Trinajstić information content (AvgIpc) is 3.08. The molecule has 1 aliphatic heterocycles. The topological polar surface area (TPSA) is 63.4 Å². The van der Waals surface area contributed by atoms with E-state index in [1.165, 1.54) is 0 Å². The van der Waals surface area contributed by atoms with Gasteiger partial charge in [-0.25, -0.2) is 4.98 Å². The first-order valence-electron chi connectivity index (χ1n) is 9.43. The molecular weight excluding hydrogens is 376 g/mol. The van der Waals surface area contributed by atoms with E-state index in [9.17, 15) is 9.59 Å². The quantitative estimate of drug-likeness (QED) is 0.650. The number of oxazole rings is 1. The first-order valence-corrected chi connectivity index (χ1v) is 9.81. The monoisotopic (exact) mass is 396 g/mol. The molecule has 6 heteroatoms. The molecule has 0 radical (unpaired) electrons. The minimum atomic E-state index is -0.0689. The fraction of sp³-hybridized carbons (Fsp3) is 0.318. The van der Waals surface area contributed by atoms with Gasteiger partial charge < -0.3 is 9.32 Å². The van der Waals surface area contributed by atoms with Crippen LogP contribution in [0.5, 0.6) is 0 Å². The summed E-state index contributed by atoms with van der Waals surface area (Å²) in [6, 6.07) is 12.9. The number of piperidine rings is 1. The largest absolute Gasteiger partial charge is 0.440 e. The number of nitrogens with zero attached hydrogens (tertiary/aromatic N) is 2. The Labute approximate surface area is 168 Å². The molecule has 28 heavy (non-hydrogen) atoms. The van der Waals surface area contributed by atoms with Crippen molar-refractivity contribution in [2.75, 3.05) is 13.1 Å². The fourth-order valence-corrected chi connectivity index (χ4v) is 3.89. The smallest absolute Gasteiger partial charge is 0.254 e. The van der Waals surface area contributed by atoms with Crippen molar-refractivity contribution in [3.05, 3.63) is 64.5 Å². The van der Waals surface area contributed by atoms with Crippen molar-refractivity contribution in [1.82, 2.24) is 9.88 Å². The van der Waals surface area contributed by atoms with Crippen LogP contribution in [0.1, 0.15) is 41.6 Å². The summed E-state index contributed by atoms with van der Waals surface area (Å²) >= 11 is 6.03. The van der Waals surface area contributed by atoms with Gasteiger partial charge in [-0.05, 0) is 55.7 Å². The zero-order valence-corrected chi connectivity index (χ0v) is 16.4. The van der Waals surface area contributed by atoms with Crippen LogP contribution in [0.4, 0.5) is 0 Å². The molecule has 3 aromatic rings. The Kier molecular flexibility index (Phi) is 5.18. The zero-order valence-electron chi connectivity index (χ0n) is 15.7. The molecule has 2 aromatic carbocycles. The molecule has 1 fully saturated rings. The summed E-state index contributed by atoms with van der Waals surface area (Å²) in [5.41, 5.74) is 2.87. The molecule has 1 atom stereocenters. The minimum absolute atomic E-state index is 0.0593. The Bertz CT molecular complexity index is 1040. The second kappa shape index (κ2) is 7.76. The van der Waals surface area contributed by atoms with Crippen LogP contribution in [0.2, 0.25) is 5.02 Å². The highest BCUT2D eigenvalue weighted by Crippen LogP contribution is 2.23. The molecule has 0 spiro atoms. The lowest BCUT2D eigenvalue weighted by molar-refractivity contribution is -0.121. The van der Waals surface area contributed by atoms with Gasteiger partial charge in [0, 0.05) is 36.0 Å². The maximum Gasteiger partial charge on any atom is 0.254 e. The van der Waals surface area contributed by atoms with Crippen LogP contribution >= 0.6 is 11.6 Å². The third-order valence-corrected chi connectivity index (χ3v) is 5.44. The zero-order chi connectivity index (χ0) is 19.7. The predicted octanol–water partition coefficient (Wildman–Crippen LogP) is 4.51. The van der Waals surface area contributed by atoms with Gasteiger partial charge in [0.15, 0.2) is 11.5 Å². The molecule has 0 N–H and O–H groups in total. The van der Waals surface area contributed by atoms with Crippen molar-refractivity contribution in [2.24, 2.45) is 5.92 Å². The molecule has 1 saturated heterocycles. The maximum absolute atomic E-state index is 12.9. The number of carbonyl (C=O) groups excluding carboxylic acids is 2. The number of rotatable bonds is 4. The number of hydrogen-bond acceptors (Lipinski definition) is 4. The van der Waals surface area contributed by atoms with Crippen molar-refractivity contribution in [2.45, 2.75) is 26.2 Å². The molecule has 5 nitrogen and oxygen atoms in total. The Morgan fingerprint density at radius 2 is 2.11 bits per heavy atom. The predicted molar refractivity (Wildman–Crippen MR) is 108 cm³/mol. The molecule has 1 amide bonds. The number of carbonyl (C=O) groups is 2. The van der Waals surface area contributed by atoms with Crippen molar-refractivity contribution in [3.63, 3.8) is 0 Å². The summed E-state index contributed by atoms with van der Waals surface area (Å²) in [6.45, 7) is 2.76. The highest BCUT2D eigenvalue weighted by atomic mass is 35.5. The molecule has 144 valence electrons. The summed E-state index contributed by atoms with van der Waals surface area (Å²) in [7, 11) is 0. The number of benzene rings is 2.